The van der Waals surface area contributed by atoms with Crippen LogP contribution in [0.4, 0.5) is 0 Å². The van der Waals surface area contributed by atoms with Crippen molar-refractivity contribution in [2.24, 2.45) is 5.73 Å². The molecule has 2 aromatic rings. The molecule has 0 aliphatic carbocycles. The summed E-state index contributed by atoms with van der Waals surface area (Å²) in [6, 6.07) is 11.7. The van der Waals surface area contributed by atoms with E-state index in [1.807, 2.05) is 43.3 Å². The van der Waals surface area contributed by atoms with E-state index < -0.39 is 0 Å². The van der Waals surface area contributed by atoms with Crippen LogP contribution in [0, 0.1) is 6.92 Å². The van der Waals surface area contributed by atoms with Crippen LogP contribution in [0.5, 0.6) is 0 Å². The van der Waals surface area contributed by atoms with Crippen molar-refractivity contribution in [1.82, 2.24) is 0 Å². The van der Waals surface area contributed by atoms with Gasteiger partial charge < -0.3 is 10.2 Å². The summed E-state index contributed by atoms with van der Waals surface area (Å²) in [6.07, 6.45) is 0. The maximum absolute atomic E-state index is 6.13. The Morgan fingerprint density at radius 2 is 2.06 bits per heavy atom. The maximum atomic E-state index is 6.13. The minimum atomic E-state index is 0.101. The number of thioether (sulfide) groups is 1. The van der Waals surface area contributed by atoms with Crippen LogP contribution < -0.4 is 5.73 Å². The van der Waals surface area contributed by atoms with E-state index in [9.17, 15) is 0 Å². The van der Waals surface area contributed by atoms with Crippen LogP contribution in [0.2, 0.25) is 5.02 Å². The van der Waals surface area contributed by atoms with Gasteiger partial charge in [0.2, 0.25) is 0 Å². The van der Waals surface area contributed by atoms with Gasteiger partial charge in [0.05, 0.1) is 10.3 Å². The maximum Gasteiger partial charge on any atom is 0.118 e. The van der Waals surface area contributed by atoms with Gasteiger partial charge >= 0.3 is 0 Å². The third-order valence-electron chi connectivity index (χ3n) is 2.40. The van der Waals surface area contributed by atoms with Gasteiger partial charge in [-0.1, -0.05) is 23.7 Å². The van der Waals surface area contributed by atoms with Gasteiger partial charge in [-0.3, -0.25) is 0 Å². The molecule has 0 spiro atoms. The van der Waals surface area contributed by atoms with E-state index in [4.69, 9.17) is 21.8 Å². The fourth-order valence-electron chi connectivity index (χ4n) is 1.54. The second-order valence-electron chi connectivity index (χ2n) is 3.72. The first kappa shape index (κ1) is 12.6. The predicted octanol–water partition coefficient (Wildman–Crippen LogP) is 4.03. The van der Waals surface area contributed by atoms with Crippen LogP contribution in [-0.4, -0.2) is 6.54 Å². The van der Waals surface area contributed by atoms with E-state index in [1.54, 1.807) is 11.8 Å². The van der Waals surface area contributed by atoms with Gasteiger partial charge in [0.15, 0.2) is 0 Å². The number of benzene rings is 1. The first-order valence-corrected chi connectivity index (χ1v) is 6.64. The number of halogens is 1. The Morgan fingerprint density at radius 3 is 2.65 bits per heavy atom. The van der Waals surface area contributed by atoms with Gasteiger partial charge in [-0.25, -0.2) is 0 Å². The summed E-state index contributed by atoms with van der Waals surface area (Å²) in [5.41, 5.74) is 5.79. The van der Waals surface area contributed by atoms with Crippen molar-refractivity contribution in [2.75, 3.05) is 6.54 Å². The highest BCUT2D eigenvalue weighted by atomic mass is 35.5. The summed E-state index contributed by atoms with van der Waals surface area (Å²) in [5.74, 6) is 1.80. The highest BCUT2D eigenvalue weighted by Crippen LogP contribution is 2.38. The van der Waals surface area contributed by atoms with Gasteiger partial charge in [-0.2, -0.15) is 0 Å². The van der Waals surface area contributed by atoms with Crippen molar-refractivity contribution in [3.05, 3.63) is 52.9 Å². The second-order valence-corrected chi connectivity index (χ2v) is 5.37. The fourth-order valence-corrected chi connectivity index (χ4v) is 2.80. The Balaban J connectivity index is 2.18. The average Bonchev–Trinajstić information content (AvgIpc) is 2.75. The van der Waals surface area contributed by atoms with E-state index in [1.165, 1.54) is 0 Å². The molecule has 4 heteroatoms. The molecular formula is C13H14ClNOS. The lowest BCUT2D eigenvalue weighted by Crippen LogP contribution is -2.08. The van der Waals surface area contributed by atoms with Gasteiger partial charge in [-0.15, -0.1) is 11.8 Å². The molecule has 0 bridgehead atoms. The van der Waals surface area contributed by atoms with Gasteiger partial charge in [0.1, 0.15) is 11.5 Å². The lowest BCUT2D eigenvalue weighted by atomic mass is 10.3. The van der Waals surface area contributed by atoms with Gasteiger partial charge in [0.25, 0.3) is 0 Å². The Hall–Kier alpha value is -0.900. The van der Waals surface area contributed by atoms with Crippen molar-refractivity contribution < 1.29 is 4.42 Å². The Morgan fingerprint density at radius 1 is 1.29 bits per heavy atom. The molecule has 2 N–H and O–H groups in total. The molecule has 2 rings (SSSR count). The first-order valence-electron chi connectivity index (χ1n) is 5.38. The molecule has 0 amide bonds. The minimum absolute atomic E-state index is 0.101. The van der Waals surface area contributed by atoms with Crippen LogP contribution in [0.3, 0.4) is 0 Å². The fraction of sp³-hybridized carbons (Fsp3) is 0.231. The monoisotopic (exact) mass is 267 g/mol. The number of hydrogen-bond acceptors (Lipinski definition) is 3. The smallest absolute Gasteiger partial charge is 0.118 e. The van der Waals surface area contributed by atoms with Crippen LogP contribution in [0.15, 0.2) is 45.7 Å². The molecule has 0 fully saturated rings. The highest BCUT2D eigenvalue weighted by Gasteiger charge is 2.16. The molecule has 0 aliphatic rings. The molecule has 90 valence electrons. The van der Waals surface area contributed by atoms with Gasteiger partial charge in [0, 0.05) is 11.4 Å². The molecule has 2 nitrogen and oxygen atoms in total. The SMILES string of the molecule is Cc1ccc(C(CN)Sc2ccccc2Cl)o1. The Labute approximate surface area is 110 Å². The molecule has 1 heterocycles. The number of hydrogen-bond donors (Lipinski definition) is 1. The van der Waals surface area contributed by atoms with E-state index in [2.05, 4.69) is 0 Å². The van der Waals surface area contributed by atoms with Crippen LogP contribution in [0.1, 0.15) is 16.8 Å². The Kier molecular flexibility index (Phi) is 4.15. The third-order valence-corrected chi connectivity index (χ3v) is 4.16. The van der Waals surface area contributed by atoms with Gasteiger partial charge in [-0.05, 0) is 31.2 Å². The van der Waals surface area contributed by atoms with E-state index in [0.717, 1.165) is 21.4 Å². The molecular weight excluding hydrogens is 254 g/mol. The lowest BCUT2D eigenvalue weighted by Gasteiger charge is -2.12. The quantitative estimate of drug-likeness (QED) is 0.850. The number of rotatable bonds is 4. The highest BCUT2D eigenvalue weighted by molar-refractivity contribution is 7.99. The second kappa shape index (κ2) is 5.63. The van der Waals surface area contributed by atoms with Crippen molar-refractivity contribution in [3.63, 3.8) is 0 Å². The average molecular weight is 268 g/mol. The first-order chi connectivity index (χ1) is 8.20. The molecule has 0 radical (unpaired) electrons. The molecule has 1 aromatic carbocycles. The van der Waals surface area contributed by atoms with Crippen molar-refractivity contribution in [2.45, 2.75) is 17.1 Å². The van der Waals surface area contributed by atoms with Crippen LogP contribution >= 0.6 is 23.4 Å². The largest absolute Gasteiger partial charge is 0.465 e. The van der Waals surface area contributed by atoms with Crippen molar-refractivity contribution in [3.8, 4) is 0 Å². The predicted molar refractivity (Wildman–Crippen MR) is 72.5 cm³/mol. The molecule has 0 saturated heterocycles. The summed E-state index contributed by atoms with van der Waals surface area (Å²) in [6.45, 7) is 2.44. The standard InChI is InChI=1S/C13H14ClNOS/c1-9-6-7-11(16-9)13(8-15)17-12-5-3-2-4-10(12)14/h2-7,13H,8,15H2,1H3. The lowest BCUT2D eigenvalue weighted by molar-refractivity contribution is 0.481. The third kappa shape index (κ3) is 3.06. The molecule has 1 unspecified atom stereocenters. The zero-order valence-corrected chi connectivity index (χ0v) is 11.1. The number of nitrogens with two attached hydrogens (primary N) is 1. The number of furan rings is 1. The van der Waals surface area contributed by atoms with Crippen LogP contribution in [-0.2, 0) is 0 Å². The summed E-state index contributed by atoms with van der Waals surface area (Å²) >= 11 is 7.76. The molecule has 1 aromatic heterocycles. The van der Waals surface area contributed by atoms with E-state index >= 15 is 0 Å². The molecule has 1 atom stereocenters. The topological polar surface area (TPSA) is 39.2 Å². The summed E-state index contributed by atoms with van der Waals surface area (Å²) in [4.78, 5) is 1.03. The summed E-state index contributed by atoms with van der Waals surface area (Å²) in [5, 5.41) is 0.850. The minimum Gasteiger partial charge on any atom is -0.465 e. The molecule has 0 saturated carbocycles. The zero-order chi connectivity index (χ0) is 12.3. The van der Waals surface area contributed by atoms with Crippen LogP contribution in [0.25, 0.3) is 0 Å². The molecule has 0 aliphatic heterocycles. The van der Waals surface area contributed by atoms with Crippen molar-refractivity contribution in [1.29, 1.82) is 0 Å². The van der Waals surface area contributed by atoms with Crippen molar-refractivity contribution >= 4 is 23.4 Å². The van der Waals surface area contributed by atoms with E-state index in [-0.39, 0.29) is 5.25 Å². The normalized spacial score (nSPS) is 12.6. The van der Waals surface area contributed by atoms with E-state index in [0.29, 0.717) is 6.54 Å². The zero-order valence-electron chi connectivity index (χ0n) is 9.52. The summed E-state index contributed by atoms with van der Waals surface area (Å²) in [7, 11) is 0. The number of aryl methyl sites for hydroxylation is 1. The molecule has 17 heavy (non-hydrogen) atoms. The Bertz CT molecular complexity index is 498. The summed E-state index contributed by atoms with van der Waals surface area (Å²) < 4.78 is 5.60.